The van der Waals surface area contributed by atoms with Gasteiger partial charge in [-0.15, -0.1) is 0 Å². The second-order valence-corrected chi connectivity index (χ2v) is 7.17. The number of rotatable bonds is 7. The molecule has 0 bridgehead atoms. The van der Waals surface area contributed by atoms with E-state index in [9.17, 15) is 14.7 Å². The van der Waals surface area contributed by atoms with Crippen LogP contribution in [-0.4, -0.2) is 45.5 Å². The van der Waals surface area contributed by atoms with E-state index in [0.717, 1.165) is 5.56 Å². The van der Waals surface area contributed by atoms with Crippen molar-refractivity contribution in [2.24, 2.45) is 0 Å². The largest absolute Gasteiger partial charge is 0.478 e. The number of alkyl carbamates (subject to hydrolysis) is 1. The minimum atomic E-state index is -1.05. The molecule has 1 aromatic heterocycles. The zero-order chi connectivity index (χ0) is 20.7. The van der Waals surface area contributed by atoms with E-state index < -0.39 is 23.7 Å². The van der Waals surface area contributed by atoms with Crippen LogP contribution < -0.4 is 10.1 Å². The van der Waals surface area contributed by atoms with Gasteiger partial charge in [0.1, 0.15) is 11.4 Å². The van der Waals surface area contributed by atoms with Crippen molar-refractivity contribution in [3.05, 3.63) is 53.7 Å². The number of benzene rings is 1. The van der Waals surface area contributed by atoms with Gasteiger partial charge in [0.05, 0.1) is 18.2 Å². The van der Waals surface area contributed by atoms with E-state index in [0.29, 0.717) is 12.2 Å². The number of amides is 1. The Balaban J connectivity index is 1.93. The van der Waals surface area contributed by atoms with Gasteiger partial charge in [-0.2, -0.15) is 0 Å². The highest BCUT2D eigenvalue weighted by molar-refractivity contribution is 5.87. The third-order valence-corrected chi connectivity index (χ3v) is 3.55. The number of aliphatic hydroxyl groups excluding tert-OH is 1. The van der Waals surface area contributed by atoms with Gasteiger partial charge >= 0.3 is 12.1 Å². The molecule has 2 rings (SSSR count). The number of aromatic nitrogens is 1. The molecule has 28 heavy (non-hydrogen) atoms. The number of carbonyl (C=O) groups excluding carboxylic acids is 1. The Morgan fingerprint density at radius 2 is 1.82 bits per heavy atom. The molecule has 8 heteroatoms. The molecule has 1 heterocycles. The number of aromatic carboxylic acids is 1. The predicted molar refractivity (Wildman–Crippen MR) is 102 cm³/mol. The molecule has 3 N–H and O–H groups in total. The Bertz CT molecular complexity index is 797. The van der Waals surface area contributed by atoms with Crippen LogP contribution in [-0.2, 0) is 11.2 Å². The highest BCUT2D eigenvalue weighted by Gasteiger charge is 2.19. The summed E-state index contributed by atoms with van der Waals surface area (Å²) < 4.78 is 10.8. The molecule has 0 aliphatic heterocycles. The van der Waals surface area contributed by atoms with Crippen molar-refractivity contribution in [1.29, 1.82) is 0 Å². The number of nitrogens with zero attached hydrogens (tertiary/aromatic N) is 1. The maximum absolute atomic E-state index is 11.8. The topological polar surface area (TPSA) is 118 Å². The first-order valence-corrected chi connectivity index (χ1v) is 8.73. The van der Waals surface area contributed by atoms with Gasteiger partial charge in [-0.25, -0.2) is 14.6 Å². The molecular weight excluding hydrogens is 364 g/mol. The maximum atomic E-state index is 11.8. The number of hydrogen-bond donors (Lipinski definition) is 3. The molecule has 1 amide bonds. The molecule has 2 aromatic rings. The molecule has 0 saturated carbocycles. The number of carbonyl (C=O) groups is 2. The second-order valence-electron chi connectivity index (χ2n) is 7.17. The van der Waals surface area contributed by atoms with E-state index in [1.807, 2.05) is 0 Å². The minimum absolute atomic E-state index is 0.0789. The Morgan fingerprint density at radius 1 is 1.14 bits per heavy atom. The second kappa shape index (κ2) is 9.18. The summed E-state index contributed by atoms with van der Waals surface area (Å²) in [6, 6.07) is 9.47. The first kappa shape index (κ1) is 21.2. The number of carboxylic acids is 1. The molecule has 0 spiro atoms. The van der Waals surface area contributed by atoms with E-state index in [1.165, 1.54) is 18.3 Å². The number of ether oxygens (including phenoxy) is 2. The predicted octanol–water partition coefficient (Wildman–Crippen LogP) is 3.00. The zero-order valence-corrected chi connectivity index (χ0v) is 16.0. The van der Waals surface area contributed by atoms with Crippen LogP contribution in [0.1, 0.15) is 36.7 Å². The van der Waals surface area contributed by atoms with Gasteiger partial charge in [0.2, 0.25) is 5.88 Å². The Hall–Kier alpha value is -3.13. The van der Waals surface area contributed by atoms with E-state index in [-0.39, 0.29) is 18.1 Å². The number of pyridine rings is 1. The highest BCUT2D eigenvalue weighted by Crippen LogP contribution is 2.20. The fourth-order valence-electron chi connectivity index (χ4n) is 2.30. The van der Waals surface area contributed by atoms with Crippen molar-refractivity contribution >= 4 is 12.1 Å². The number of nitrogens with one attached hydrogen (secondary N) is 1. The first-order chi connectivity index (χ1) is 13.2. The van der Waals surface area contributed by atoms with Crippen LogP contribution in [0.5, 0.6) is 11.6 Å². The highest BCUT2D eigenvalue weighted by atomic mass is 16.6. The molecule has 0 aliphatic carbocycles. The number of hydrogen-bond acceptors (Lipinski definition) is 6. The van der Waals surface area contributed by atoms with Crippen molar-refractivity contribution in [3.63, 3.8) is 0 Å². The monoisotopic (exact) mass is 388 g/mol. The van der Waals surface area contributed by atoms with Gasteiger partial charge in [0, 0.05) is 12.3 Å². The Labute approximate surface area is 163 Å². The summed E-state index contributed by atoms with van der Waals surface area (Å²) in [6.07, 6.45) is 1.06. The molecule has 0 radical (unpaired) electrons. The lowest BCUT2D eigenvalue weighted by Crippen LogP contribution is -2.42. The van der Waals surface area contributed by atoms with Crippen LogP contribution in [0.15, 0.2) is 42.6 Å². The Kier molecular flexibility index (Phi) is 6.94. The number of aliphatic hydroxyl groups is 1. The third-order valence-electron chi connectivity index (χ3n) is 3.55. The summed E-state index contributed by atoms with van der Waals surface area (Å²) in [5.41, 5.74) is 0.353. The van der Waals surface area contributed by atoms with Crippen molar-refractivity contribution in [2.75, 3.05) is 6.61 Å². The van der Waals surface area contributed by atoms with Crippen molar-refractivity contribution in [3.8, 4) is 11.6 Å². The summed E-state index contributed by atoms with van der Waals surface area (Å²) in [6.45, 7) is 5.08. The molecule has 0 saturated heterocycles. The quantitative estimate of drug-likeness (QED) is 0.667. The van der Waals surface area contributed by atoms with Gasteiger partial charge in [0.25, 0.3) is 0 Å². The van der Waals surface area contributed by atoms with Gasteiger partial charge < -0.3 is 25.0 Å². The fraction of sp³-hybridized carbons (Fsp3) is 0.350. The van der Waals surface area contributed by atoms with E-state index in [2.05, 4.69) is 10.3 Å². The molecule has 1 aromatic carbocycles. The molecule has 1 atom stereocenters. The SMILES string of the molecule is CC(C)(C)OC(=O)NC(CO)Cc1ccc(Oc2ccc(C(=O)O)cn2)cc1. The molecule has 1 unspecified atom stereocenters. The maximum Gasteiger partial charge on any atom is 0.407 e. The third kappa shape index (κ3) is 6.88. The van der Waals surface area contributed by atoms with Crippen molar-refractivity contribution < 1.29 is 29.3 Å². The summed E-state index contributed by atoms with van der Waals surface area (Å²) in [5, 5.41) is 21.0. The first-order valence-electron chi connectivity index (χ1n) is 8.73. The lowest BCUT2D eigenvalue weighted by molar-refractivity contribution is 0.0482. The average Bonchev–Trinajstić information content (AvgIpc) is 2.61. The van der Waals surface area contributed by atoms with Crippen LogP contribution in [0.2, 0.25) is 0 Å². The van der Waals surface area contributed by atoms with Crippen LogP contribution in [0.3, 0.4) is 0 Å². The lowest BCUT2D eigenvalue weighted by Gasteiger charge is -2.22. The summed E-state index contributed by atoms with van der Waals surface area (Å²) in [4.78, 5) is 26.6. The molecule has 0 aliphatic rings. The zero-order valence-electron chi connectivity index (χ0n) is 16.0. The van der Waals surface area contributed by atoms with Gasteiger partial charge in [-0.1, -0.05) is 12.1 Å². The van der Waals surface area contributed by atoms with Crippen LogP contribution >= 0.6 is 0 Å². The van der Waals surface area contributed by atoms with Crippen molar-refractivity contribution in [2.45, 2.75) is 38.8 Å². The summed E-state index contributed by atoms with van der Waals surface area (Å²) >= 11 is 0. The lowest BCUT2D eigenvalue weighted by atomic mass is 10.1. The van der Waals surface area contributed by atoms with E-state index >= 15 is 0 Å². The van der Waals surface area contributed by atoms with E-state index in [4.69, 9.17) is 14.6 Å². The summed E-state index contributed by atoms with van der Waals surface area (Å²) in [5.74, 6) is -0.251. The van der Waals surface area contributed by atoms with Crippen molar-refractivity contribution in [1.82, 2.24) is 10.3 Å². The van der Waals surface area contributed by atoms with Gasteiger partial charge in [-0.05, 0) is 51.0 Å². The van der Waals surface area contributed by atoms with Crippen LogP contribution in [0.25, 0.3) is 0 Å². The average molecular weight is 388 g/mol. The molecule has 0 fully saturated rings. The van der Waals surface area contributed by atoms with Crippen LogP contribution in [0, 0.1) is 0 Å². The fourth-order valence-corrected chi connectivity index (χ4v) is 2.30. The normalized spacial score (nSPS) is 12.1. The van der Waals surface area contributed by atoms with E-state index in [1.54, 1.807) is 45.0 Å². The molecule has 150 valence electrons. The molecule has 8 nitrogen and oxygen atoms in total. The van der Waals surface area contributed by atoms with Gasteiger partial charge in [-0.3, -0.25) is 0 Å². The number of carboxylic acid groups (broad SMARTS) is 1. The molecular formula is C20H24N2O6. The van der Waals surface area contributed by atoms with Crippen LogP contribution in [0.4, 0.5) is 4.79 Å². The van der Waals surface area contributed by atoms with Gasteiger partial charge in [0.15, 0.2) is 0 Å². The minimum Gasteiger partial charge on any atom is -0.478 e. The smallest absolute Gasteiger partial charge is 0.407 e. The Morgan fingerprint density at radius 3 is 2.32 bits per heavy atom. The standard InChI is InChI=1S/C20H24N2O6/c1-20(2,3)28-19(26)22-15(12-23)10-13-4-7-16(8-5-13)27-17-9-6-14(11-21-17)18(24)25/h4-9,11,15,23H,10,12H2,1-3H3,(H,22,26)(H,24,25). The summed E-state index contributed by atoms with van der Waals surface area (Å²) in [7, 11) is 0.